The van der Waals surface area contributed by atoms with Crippen LogP contribution in [0, 0.1) is 0 Å². The predicted octanol–water partition coefficient (Wildman–Crippen LogP) is 1.47. The Labute approximate surface area is 116 Å². The summed E-state index contributed by atoms with van der Waals surface area (Å²) in [5.74, 6) is -1.47. The van der Waals surface area contributed by atoms with Gasteiger partial charge in [0.25, 0.3) is 5.91 Å². The first-order valence-corrected chi connectivity index (χ1v) is 6.25. The van der Waals surface area contributed by atoms with Crippen molar-refractivity contribution in [3.63, 3.8) is 0 Å². The quantitative estimate of drug-likeness (QED) is 0.885. The van der Waals surface area contributed by atoms with Crippen molar-refractivity contribution in [1.29, 1.82) is 0 Å². The van der Waals surface area contributed by atoms with Crippen LogP contribution >= 0.6 is 22.9 Å². The predicted molar refractivity (Wildman–Crippen MR) is 68.4 cm³/mol. The monoisotopic (exact) mass is 298 g/mol. The fourth-order valence-corrected chi connectivity index (χ4v) is 1.99. The van der Waals surface area contributed by atoms with Crippen LogP contribution in [0.3, 0.4) is 0 Å². The highest BCUT2D eigenvalue weighted by Crippen LogP contribution is 2.16. The SMILES string of the molecule is O=C(O)Cc1csc(NC(=O)c2cnc(Cl)cn2)n1. The van der Waals surface area contributed by atoms with E-state index in [0.717, 1.165) is 11.3 Å². The Bertz CT molecular complexity index is 613. The Kier molecular flexibility index (Phi) is 4.03. The maximum absolute atomic E-state index is 11.8. The first-order chi connectivity index (χ1) is 9.04. The molecule has 0 fully saturated rings. The molecular formula is C10H7ClN4O3S. The van der Waals surface area contributed by atoms with Crippen LogP contribution in [0.1, 0.15) is 16.2 Å². The standard InChI is InChI=1S/C10H7ClN4O3S/c11-7-3-12-6(2-13-7)9(18)15-10-14-5(4-19-10)1-8(16)17/h2-4H,1H2,(H,16,17)(H,14,15,18). The van der Waals surface area contributed by atoms with Gasteiger partial charge in [-0.15, -0.1) is 11.3 Å². The highest BCUT2D eigenvalue weighted by Gasteiger charge is 2.12. The number of carbonyl (C=O) groups is 2. The summed E-state index contributed by atoms with van der Waals surface area (Å²) >= 11 is 6.69. The molecule has 2 rings (SSSR count). The molecule has 2 aromatic rings. The second kappa shape index (κ2) is 5.72. The summed E-state index contributed by atoms with van der Waals surface area (Å²) < 4.78 is 0. The number of aliphatic carboxylic acids is 1. The molecule has 0 aliphatic heterocycles. The van der Waals surface area contributed by atoms with Gasteiger partial charge >= 0.3 is 5.97 Å². The fraction of sp³-hybridized carbons (Fsp3) is 0.100. The lowest BCUT2D eigenvalue weighted by Gasteiger charge is -1.99. The van der Waals surface area contributed by atoms with Crippen LogP contribution in [0.15, 0.2) is 17.8 Å². The van der Waals surface area contributed by atoms with E-state index in [4.69, 9.17) is 16.7 Å². The van der Waals surface area contributed by atoms with E-state index in [0.29, 0.717) is 10.8 Å². The maximum Gasteiger partial charge on any atom is 0.309 e. The van der Waals surface area contributed by atoms with Crippen LogP contribution in [-0.2, 0) is 11.2 Å². The topological polar surface area (TPSA) is 105 Å². The minimum atomic E-state index is -0.980. The second-order valence-electron chi connectivity index (χ2n) is 3.39. The average molecular weight is 299 g/mol. The molecule has 0 saturated heterocycles. The summed E-state index contributed by atoms with van der Waals surface area (Å²) in [5.41, 5.74) is 0.481. The summed E-state index contributed by atoms with van der Waals surface area (Å²) in [5, 5.41) is 13.2. The zero-order valence-electron chi connectivity index (χ0n) is 9.33. The van der Waals surface area contributed by atoms with E-state index in [2.05, 4.69) is 20.3 Å². The number of hydrogen-bond donors (Lipinski definition) is 2. The van der Waals surface area contributed by atoms with Crippen molar-refractivity contribution < 1.29 is 14.7 Å². The molecule has 0 saturated carbocycles. The number of carboxylic acids is 1. The van der Waals surface area contributed by atoms with Gasteiger partial charge in [0, 0.05) is 5.38 Å². The average Bonchev–Trinajstić information content (AvgIpc) is 2.76. The van der Waals surface area contributed by atoms with Crippen LogP contribution in [0.5, 0.6) is 0 Å². The Balaban J connectivity index is 2.04. The number of nitrogens with zero attached hydrogens (tertiary/aromatic N) is 3. The molecule has 0 aromatic carbocycles. The summed E-state index contributed by atoms with van der Waals surface area (Å²) in [4.78, 5) is 33.8. The molecule has 0 unspecified atom stereocenters. The Morgan fingerprint density at radius 1 is 1.37 bits per heavy atom. The van der Waals surface area contributed by atoms with Crippen molar-refractivity contribution in [2.24, 2.45) is 0 Å². The van der Waals surface area contributed by atoms with Crippen LogP contribution in [-0.4, -0.2) is 31.9 Å². The molecule has 2 aromatic heterocycles. The van der Waals surface area contributed by atoms with E-state index < -0.39 is 11.9 Å². The van der Waals surface area contributed by atoms with Gasteiger partial charge in [0.2, 0.25) is 0 Å². The molecule has 0 aliphatic carbocycles. The first kappa shape index (κ1) is 13.4. The van der Waals surface area contributed by atoms with Gasteiger partial charge in [-0.3, -0.25) is 14.9 Å². The van der Waals surface area contributed by atoms with Crippen LogP contribution < -0.4 is 5.32 Å². The molecule has 98 valence electrons. The molecule has 0 atom stereocenters. The minimum absolute atomic E-state index is 0.0967. The van der Waals surface area contributed by atoms with Crippen molar-refractivity contribution in [1.82, 2.24) is 15.0 Å². The van der Waals surface area contributed by atoms with Crippen LogP contribution in [0.4, 0.5) is 5.13 Å². The van der Waals surface area contributed by atoms with Crippen molar-refractivity contribution >= 4 is 39.9 Å². The second-order valence-corrected chi connectivity index (χ2v) is 4.64. The molecule has 7 nitrogen and oxygen atoms in total. The molecule has 0 radical (unpaired) electrons. The van der Waals surface area contributed by atoms with Gasteiger partial charge in [-0.2, -0.15) is 0 Å². The highest BCUT2D eigenvalue weighted by molar-refractivity contribution is 7.14. The molecule has 19 heavy (non-hydrogen) atoms. The number of amides is 1. The smallest absolute Gasteiger partial charge is 0.309 e. The third-order valence-electron chi connectivity index (χ3n) is 1.96. The van der Waals surface area contributed by atoms with E-state index in [9.17, 15) is 9.59 Å². The molecular weight excluding hydrogens is 292 g/mol. The third kappa shape index (κ3) is 3.70. The first-order valence-electron chi connectivity index (χ1n) is 4.99. The van der Waals surface area contributed by atoms with Gasteiger partial charge in [-0.25, -0.2) is 15.0 Å². The molecule has 0 aliphatic rings. The molecule has 0 spiro atoms. The Morgan fingerprint density at radius 3 is 2.79 bits per heavy atom. The zero-order chi connectivity index (χ0) is 13.8. The summed E-state index contributed by atoms with van der Waals surface area (Å²) in [6, 6.07) is 0. The van der Waals surface area contributed by atoms with E-state index >= 15 is 0 Å². The van der Waals surface area contributed by atoms with E-state index in [-0.39, 0.29) is 17.3 Å². The molecule has 9 heteroatoms. The van der Waals surface area contributed by atoms with E-state index in [1.165, 1.54) is 12.4 Å². The number of rotatable bonds is 4. The van der Waals surface area contributed by atoms with Gasteiger partial charge in [0.05, 0.1) is 24.5 Å². The molecule has 1 amide bonds. The van der Waals surface area contributed by atoms with Crippen LogP contribution in [0.25, 0.3) is 0 Å². The van der Waals surface area contributed by atoms with Gasteiger partial charge in [-0.05, 0) is 0 Å². The lowest BCUT2D eigenvalue weighted by Crippen LogP contribution is -2.14. The number of thiazole rings is 1. The molecule has 2 N–H and O–H groups in total. The number of halogens is 1. The normalized spacial score (nSPS) is 10.2. The highest BCUT2D eigenvalue weighted by atomic mass is 35.5. The van der Waals surface area contributed by atoms with Crippen molar-refractivity contribution in [3.8, 4) is 0 Å². The molecule has 2 heterocycles. The van der Waals surface area contributed by atoms with Gasteiger partial charge in [0.1, 0.15) is 10.8 Å². The zero-order valence-corrected chi connectivity index (χ0v) is 10.9. The lowest BCUT2D eigenvalue weighted by atomic mass is 10.3. The number of nitrogens with one attached hydrogen (secondary N) is 1. The van der Waals surface area contributed by atoms with Crippen molar-refractivity contribution in [2.45, 2.75) is 6.42 Å². The van der Waals surface area contributed by atoms with E-state index in [1.54, 1.807) is 5.38 Å². The lowest BCUT2D eigenvalue weighted by molar-refractivity contribution is -0.136. The maximum atomic E-state index is 11.8. The molecule has 0 bridgehead atoms. The van der Waals surface area contributed by atoms with Crippen molar-refractivity contribution in [2.75, 3.05) is 5.32 Å². The summed E-state index contributed by atoms with van der Waals surface area (Å²) in [6.07, 6.45) is 2.31. The Hall–Kier alpha value is -2.06. The Morgan fingerprint density at radius 2 is 2.16 bits per heavy atom. The third-order valence-corrected chi connectivity index (χ3v) is 2.96. The van der Waals surface area contributed by atoms with E-state index in [1.807, 2.05) is 0 Å². The largest absolute Gasteiger partial charge is 0.481 e. The summed E-state index contributed by atoms with van der Waals surface area (Å²) in [7, 11) is 0. The number of hydrogen-bond acceptors (Lipinski definition) is 6. The van der Waals surface area contributed by atoms with Gasteiger partial charge in [-0.1, -0.05) is 11.6 Å². The van der Waals surface area contributed by atoms with Gasteiger partial charge in [0.15, 0.2) is 5.13 Å². The van der Waals surface area contributed by atoms with Gasteiger partial charge < -0.3 is 5.11 Å². The number of carbonyl (C=O) groups excluding carboxylic acids is 1. The number of carboxylic acid groups (broad SMARTS) is 1. The van der Waals surface area contributed by atoms with Crippen LogP contribution in [0.2, 0.25) is 5.15 Å². The fourth-order valence-electron chi connectivity index (χ4n) is 1.19. The number of anilines is 1. The number of aromatic nitrogens is 3. The minimum Gasteiger partial charge on any atom is -0.481 e. The summed E-state index contributed by atoms with van der Waals surface area (Å²) in [6.45, 7) is 0. The van der Waals surface area contributed by atoms with Crippen molar-refractivity contribution in [3.05, 3.63) is 34.3 Å².